The molecule has 1 aromatic heterocycles. The second-order valence-electron chi connectivity index (χ2n) is 6.67. The minimum absolute atomic E-state index is 0.215. The lowest BCUT2D eigenvalue weighted by Crippen LogP contribution is -2.07. The van der Waals surface area contributed by atoms with Gasteiger partial charge in [-0.1, -0.05) is 72.0 Å². The molecule has 0 spiro atoms. The molecule has 0 aliphatic heterocycles. The summed E-state index contributed by atoms with van der Waals surface area (Å²) >= 11 is 1.35. The third-order valence-electron chi connectivity index (χ3n) is 4.34. The number of anilines is 2. The maximum atomic E-state index is 12.2. The number of hydrogen-bond acceptors (Lipinski definition) is 4. The molecule has 3 aromatic carbocycles. The van der Waals surface area contributed by atoms with Crippen molar-refractivity contribution < 1.29 is 9.59 Å². The van der Waals surface area contributed by atoms with Gasteiger partial charge in [-0.3, -0.25) is 14.9 Å². The van der Waals surface area contributed by atoms with Crippen LogP contribution in [0.5, 0.6) is 0 Å². The second kappa shape index (κ2) is 9.65. The predicted octanol–water partition coefficient (Wildman–Crippen LogP) is 5.60. The molecule has 1 heterocycles. The Labute approximate surface area is 183 Å². The summed E-state index contributed by atoms with van der Waals surface area (Å²) in [6, 6.07) is 24.7. The van der Waals surface area contributed by atoms with Crippen molar-refractivity contribution in [2.45, 2.75) is 0 Å². The van der Waals surface area contributed by atoms with Gasteiger partial charge in [-0.2, -0.15) is 0 Å². The minimum Gasteiger partial charge on any atom is -0.322 e. The Morgan fingerprint density at radius 1 is 0.742 bits per heavy atom. The number of nitrogens with zero attached hydrogens (tertiary/aromatic N) is 1. The summed E-state index contributed by atoms with van der Waals surface area (Å²) in [5.41, 5.74) is 3.33. The average Bonchev–Trinajstić information content (AvgIpc) is 3.19. The van der Waals surface area contributed by atoms with E-state index in [1.807, 2.05) is 72.8 Å². The van der Waals surface area contributed by atoms with Gasteiger partial charge in [0.2, 0.25) is 11.8 Å². The van der Waals surface area contributed by atoms with Crippen molar-refractivity contribution in [3.63, 3.8) is 0 Å². The van der Waals surface area contributed by atoms with E-state index >= 15 is 0 Å². The highest BCUT2D eigenvalue weighted by molar-refractivity contribution is 7.22. The summed E-state index contributed by atoms with van der Waals surface area (Å²) in [6.07, 6.45) is 6.49. The van der Waals surface area contributed by atoms with Crippen LogP contribution in [0, 0.1) is 0 Å². The van der Waals surface area contributed by atoms with Crippen LogP contribution in [0.1, 0.15) is 11.1 Å². The maximum absolute atomic E-state index is 12.2. The smallest absolute Gasteiger partial charge is 0.250 e. The summed E-state index contributed by atoms with van der Waals surface area (Å²) in [7, 11) is 0. The zero-order valence-electron chi connectivity index (χ0n) is 16.5. The highest BCUT2D eigenvalue weighted by Gasteiger charge is 2.08. The number of fused-ring (bicyclic) bond motifs is 1. The fourth-order valence-electron chi connectivity index (χ4n) is 2.86. The van der Waals surface area contributed by atoms with Gasteiger partial charge in [0.05, 0.1) is 10.2 Å². The van der Waals surface area contributed by atoms with E-state index in [1.54, 1.807) is 18.2 Å². The second-order valence-corrected chi connectivity index (χ2v) is 7.70. The summed E-state index contributed by atoms with van der Waals surface area (Å²) < 4.78 is 0.868. The zero-order chi connectivity index (χ0) is 21.5. The average molecular weight is 426 g/mol. The molecule has 0 saturated heterocycles. The molecular formula is C25H19N3O2S. The van der Waals surface area contributed by atoms with Gasteiger partial charge in [0.1, 0.15) is 0 Å². The summed E-state index contributed by atoms with van der Waals surface area (Å²) in [6.45, 7) is 0. The van der Waals surface area contributed by atoms with Crippen molar-refractivity contribution in [2.75, 3.05) is 10.6 Å². The number of aromatic nitrogens is 1. The van der Waals surface area contributed by atoms with Crippen molar-refractivity contribution in [3.8, 4) is 0 Å². The molecule has 31 heavy (non-hydrogen) atoms. The van der Waals surface area contributed by atoms with Crippen molar-refractivity contribution >= 4 is 56.3 Å². The molecule has 2 N–H and O–H groups in total. The van der Waals surface area contributed by atoms with E-state index in [0.717, 1.165) is 21.3 Å². The molecule has 6 heteroatoms. The number of carbonyl (C=O) groups excluding carboxylic acids is 2. The topological polar surface area (TPSA) is 71.1 Å². The van der Waals surface area contributed by atoms with E-state index < -0.39 is 0 Å². The molecule has 2 amide bonds. The first-order chi connectivity index (χ1) is 15.2. The van der Waals surface area contributed by atoms with E-state index in [1.165, 1.54) is 23.5 Å². The van der Waals surface area contributed by atoms with Crippen molar-refractivity contribution in [1.29, 1.82) is 0 Å². The molecular weight excluding hydrogens is 406 g/mol. The van der Waals surface area contributed by atoms with Gasteiger partial charge < -0.3 is 5.32 Å². The van der Waals surface area contributed by atoms with Crippen molar-refractivity contribution in [1.82, 2.24) is 4.98 Å². The Kier molecular flexibility index (Phi) is 6.30. The van der Waals surface area contributed by atoms with Crippen LogP contribution in [-0.2, 0) is 9.59 Å². The molecule has 0 unspecified atom stereocenters. The van der Waals surface area contributed by atoms with Crippen molar-refractivity contribution in [2.24, 2.45) is 0 Å². The molecule has 152 valence electrons. The van der Waals surface area contributed by atoms with E-state index in [2.05, 4.69) is 15.6 Å². The Morgan fingerprint density at radius 2 is 1.32 bits per heavy atom. The molecule has 0 saturated carbocycles. The van der Waals surface area contributed by atoms with E-state index in [9.17, 15) is 9.59 Å². The molecule has 0 aliphatic rings. The maximum Gasteiger partial charge on any atom is 0.250 e. The van der Waals surface area contributed by atoms with Crippen LogP contribution in [-0.4, -0.2) is 16.8 Å². The third kappa shape index (κ3) is 5.74. The van der Waals surface area contributed by atoms with E-state index in [0.29, 0.717) is 10.8 Å². The zero-order valence-corrected chi connectivity index (χ0v) is 17.3. The highest BCUT2D eigenvalue weighted by Crippen LogP contribution is 2.28. The number of nitrogens with one attached hydrogen (secondary N) is 2. The molecule has 0 atom stereocenters. The van der Waals surface area contributed by atoms with Crippen molar-refractivity contribution in [3.05, 3.63) is 102 Å². The minimum atomic E-state index is -0.248. The molecule has 4 aromatic rings. The lowest BCUT2D eigenvalue weighted by Gasteiger charge is -2.01. The first-order valence-corrected chi connectivity index (χ1v) is 10.5. The number of benzene rings is 3. The first-order valence-electron chi connectivity index (χ1n) is 9.64. The number of thiazole rings is 1. The van der Waals surface area contributed by atoms with Crippen LogP contribution in [0.3, 0.4) is 0 Å². The molecule has 5 nitrogen and oxygen atoms in total. The SMILES string of the molecule is O=C(/C=C/c1ccccc1)Nc1ccc2nc(NC(=O)/C=C/c3ccccc3)sc2c1. The monoisotopic (exact) mass is 425 g/mol. The first kappa shape index (κ1) is 20.3. The van der Waals surface area contributed by atoms with Gasteiger partial charge >= 0.3 is 0 Å². The molecule has 0 radical (unpaired) electrons. The summed E-state index contributed by atoms with van der Waals surface area (Å²) in [5.74, 6) is -0.463. The summed E-state index contributed by atoms with van der Waals surface area (Å²) in [5, 5.41) is 6.14. The van der Waals surface area contributed by atoms with E-state index in [4.69, 9.17) is 0 Å². The van der Waals surface area contributed by atoms with Crippen LogP contribution >= 0.6 is 11.3 Å². The Hall–Kier alpha value is -4.03. The molecule has 0 bridgehead atoms. The lowest BCUT2D eigenvalue weighted by atomic mass is 10.2. The normalized spacial score (nSPS) is 11.2. The Bertz CT molecular complexity index is 1200. The van der Waals surface area contributed by atoms with Gasteiger partial charge in [0, 0.05) is 17.8 Å². The predicted molar refractivity (Wildman–Crippen MR) is 128 cm³/mol. The fourth-order valence-corrected chi connectivity index (χ4v) is 3.77. The van der Waals surface area contributed by atoms with Crippen LogP contribution in [0.4, 0.5) is 10.8 Å². The third-order valence-corrected chi connectivity index (χ3v) is 5.27. The number of hydrogen-bond donors (Lipinski definition) is 2. The quantitative estimate of drug-likeness (QED) is 0.395. The van der Waals surface area contributed by atoms with Crippen LogP contribution in [0.25, 0.3) is 22.4 Å². The number of carbonyl (C=O) groups is 2. The number of rotatable bonds is 6. The Balaban J connectivity index is 1.39. The lowest BCUT2D eigenvalue weighted by molar-refractivity contribution is -0.112. The largest absolute Gasteiger partial charge is 0.322 e. The highest BCUT2D eigenvalue weighted by atomic mass is 32.1. The number of amides is 2. The van der Waals surface area contributed by atoms with Gasteiger partial charge in [-0.25, -0.2) is 4.98 Å². The van der Waals surface area contributed by atoms with Crippen LogP contribution in [0.2, 0.25) is 0 Å². The van der Waals surface area contributed by atoms with Gasteiger partial charge in [-0.05, 0) is 41.5 Å². The van der Waals surface area contributed by atoms with Crippen LogP contribution in [0.15, 0.2) is 91.0 Å². The molecule has 0 aliphatic carbocycles. The Morgan fingerprint density at radius 3 is 1.94 bits per heavy atom. The van der Waals surface area contributed by atoms with E-state index in [-0.39, 0.29) is 11.8 Å². The van der Waals surface area contributed by atoms with Crippen LogP contribution < -0.4 is 10.6 Å². The molecule has 4 rings (SSSR count). The van der Waals surface area contributed by atoms with Gasteiger partial charge in [-0.15, -0.1) is 0 Å². The summed E-state index contributed by atoms with van der Waals surface area (Å²) in [4.78, 5) is 28.8. The van der Waals surface area contributed by atoms with Gasteiger partial charge in [0.25, 0.3) is 0 Å². The standard InChI is InChI=1S/C25H19N3O2S/c29-23(15-11-18-7-3-1-4-8-18)26-20-13-14-21-22(17-20)31-25(27-21)28-24(30)16-12-19-9-5-2-6-10-19/h1-17H,(H,26,29)(H,27,28,30)/b15-11+,16-12+. The fraction of sp³-hybridized carbons (Fsp3) is 0. The van der Waals surface area contributed by atoms with Gasteiger partial charge in [0.15, 0.2) is 5.13 Å². The molecule has 0 fully saturated rings.